The van der Waals surface area contributed by atoms with Crippen molar-refractivity contribution in [1.82, 2.24) is 0 Å². The average Bonchev–Trinajstić information content (AvgIpc) is 2.52. The first-order valence-electron chi connectivity index (χ1n) is 8.50. The summed E-state index contributed by atoms with van der Waals surface area (Å²) in [5.74, 6) is -1.16. The molecule has 0 spiro atoms. The van der Waals surface area contributed by atoms with Crippen molar-refractivity contribution in [2.75, 3.05) is 13.2 Å². The van der Waals surface area contributed by atoms with E-state index >= 15 is 0 Å². The number of hydrogen-bond donors (Lipinski definition) is 1. The van der Waals surface area contributed by atoms with Gasteiger partial charge in [0.2, 0.25) is 0 Å². The van der Waals surface area contributed by atoms with Crippen LogP contribution in [0, 0.1) is 11.7 Å². The van der Waals surface area contributed by atoms with Crippen LogP contribution in [-0.2, 0) is 15.1 Å². The first kappa shape index (κ1) is 18.9. The van der Waals surface area contributed by atoms with Gasteiger partial charge in [0.05, 0.1) is 11.2 Å². The molecule has 0 bridgehead atoms. The average molecular weight is 338 g/mol. The summed E-state index contributed by atoms with van der Waals surface area (Å²) in [6.45, 7) is 8.32. The Morgan fingerprint density at radius 3 is 2.46 bits per heavy atom. The zero-order valence-electron chi connectivity index (χ0n) is 14.9. The van der Waals surface area contributed by atoms with Crippen LogP contribution in [0.3, 0.4) is 0 Å². The molecule has 1 aromatic rings. The van der Waals surface area contributed by atoms with Crippen LogP contribution in [0.5, 0.6) is 0 Å². The Morgan fingerprint density at radius 2 is 1.92 bits per heavy atom. The molecule has 1 aliphatic heterocycles. The highest BCUT2D eigenvalue weighted by Crippen LogP contribution is 2.39. The molecular weight excluding hydrogens is 311 g/mol. The highest BCUT2D eigenvalue weighted by molar-refractivity contribution is 5.90. The number of halogens is 1. The van der Waals surface area contributed by atoms with Crippen molar-refractivity contribution in [3.63, 3.8) is 0 Å². The molecule has 5 heteroatoms. The lowest BCUT2D eigenvalue weighted by atomic mass is 9.75. The monoisotopic (exact) mass is 338 g/mol. The van der Waals surface area contributed by atoms with Gasteiger partial charge in [-0.05, 0) is 69.7 Å². The van der Waals surface area contributed by atoms with Crippen molar-refractivity contribution in [2.45, 2.75) is 58.2 Å². The number of carbonyl (C=O) groups is 1. The minimum atomic E-state index is -1.18. The molecule has 1 aromatic carbocycles. The van der Waals surface area contributed by atoms with Crippen LogP contribution in [-0.4, -0.2) is 29.9 Å². The number of ether oxygens (including phenoxy) is 2. The number of benzene rings is 1. The smallest absolute Gasteiger partial charge is 0.338 e. The molecule has 134 valence electrons. The number of rotatable bonds is 4. The van der Waals surface area contributed by atoms with E-state index in [1.807, 2.05) is 6.92 Å². The predicted octanol–water partition coefficient (Wildman–Crippen LogP) is 3.81. The molecule has 1 N–H and O–H groups in total. The fourth-order valence-electron chi connectivity index (χ4n) is 3.20. The lowest BCUT2D eigenvalue weighted by Crippen LogP contribution is -2.38. The van der Waals surface area contributed by atoms with Gasteiger partial charge in [0.15, 0.2) is 0 Å². The van der Waals surface area contributed by atoms with Crippen LogP contribution in [0.2, 0.25) is 0 Å². The maximum Gasteiger partial charge on any atom is 0.338 e. The van der Waals surface area contributed by atoms with E-state index in [1.165, 1.54) is 6.07 Å². The van der Waals surface area contributed by atoms with E-state index in [9.17, 15) is 14.3 Å². The Bertz CT molecular complexity index is 588. The van der Waals surface area contributed by atoms with Crippen molar-refractivity contribution in [3.8, 4) is 0 Å². The van der Waals surface area contributed by atoms with E-state index in [0.29, 0.717) is 38.0 Å². The minimum absolute atomic E-state index is 0.0236. The maximum atomic E-state index is 14.1. The van der Waals surface area contributed by atoms with Crippen molar-refractivity contribution in [3.05, 3.63) is 35.1 Å². The van der Waals surface area contributed by atoms with Crippen molar-refractivity contribution in [1.29, 1.82) is 0 Å². The molecule has 2 rings (SSSR count). The van der Waals surface area contributed by atoms with Gasteiger partial charge in [-0.1, -0.05) is 6.92 Å². The Hall–Kier alpha value is -1.46. The number of aliphatic hydroxyl groups is 1. The SMILES string of the molecule is CCC(O)(c1cc(F)cc(C(=O)OC(C)(C)C)c1)C1CCOCC1. The number of hydrogen-bond acceptors (Lipinski definition) is 4. The highest BCUT2D eigenvalue weighted by atomic mass is 19.1. The minimum Gasteiger partial charge on any atom is -0.456 e. The lowest BCUT2D eigenvalue weighted by Gasteiger charge is -2.38. The molecule has 1 heterocycles. The summed E-state index contributed by atoms with van der Waals surface area (Å²) in [7, 11) is 0. The predicted molar refractivity (Wildman–Crippen MR) is 89.3 cm³/mol. The van der Waals surface area contributed by atoms with Gasteiger partial charge in [-0.3, -0.25) is 0 Å². The molecule has 1 aliphatic rings. The first-order chi connectivity index (χ1) is 11.2. The second-order valence-electron chi connectivity index (χ2n) is 7.39. The standard InChI is InChI=1S/C19H27FO4/c1-5-19(22,14-6-8-23-9-7-14)15-10-13(11-16(20)12-15)17(21)24-18(2,3)4/h10-12,14,22H,5-9H2,1-4H3. The molecule has 1 atom stereocenters. The molecule has 4 nitrogen and oxygen atoms in total. The van der Waals surface area contributed by atoms with Gasteiger partial charge in [-0.2, -0.15) is 0 Å². The molecule has 0 amide bonds. The Kier molecular flexibility index (Phi) is 5.66. The van der Waals surface area contributed by atoms with Gasteiger partial charge in [0.25, 0.3) is 0 Å². The summed E-state index contributed by atoms with van der Waals surface area (Å²) in [5.41, 5.74) is -1.29. The largest absolute Gasteiger partial charge is 0.456 e. The third kappa shape index (κ3) is 4.33. The Balaban J connectivity index is 2.36. The van der Waals surface area contributed by atoms with Crippen LogP contribution >= 0.6 is 0 Å². The summed E-state index contributed by atoms with van der Waals surface area (Å²) in [6.07, 6.45) is 1.86. The molecule has 1 unspecified atom stereocenters. The van der Waals surface area contributed by atoms with E-state index in [2.05, 4.69) is 0 Å². The lowest BCUT2D eigenvalue weighted by molar-refractivity contribution is -0.0733. The quantitative estimate of drug-likeness (QED) is 0.848. The Labute approximate surface area is 143 Å². The molecule has 24 heavy (non-hydrogen) atoms. The molecular formula is C19H27FO4. The first-order valence-corrected chi connectivity index (χ1v) is 8.50. The van der Waals surface area contributed by atoms with Gasteiger partial charge >= 0.3 is 5.97 Å². The summed E-state index contributed by atoms with van der Waals surface area (Å²) in [4.78, 5) is 12.3. The normalized spacial score (nSPS) is 18.9. The zero-order chi connectivity index (χ0) is 18.0. The van der Waals surface area contributed by atoms with E-state index in [1.54, 1.807) is 26.8 Å². The highest BCUT2D eigenvalue weighted by Gasteiger charge is 2.38. The van der Waals surface area contributed by atoms with Gasteiger partial charge in [-0.25, -0.2) is 9.18 Å². The van der Waals surface area contributed by atoms with Crippen molar-refractivity contribution in [2.24, 2.45) is 5.92 Å². The third-order valence-electron chi connectivity index (χ3n) is 4.47. The molecule has 1 fully saturated rings. The third-order valence-corrected chi connectivity index (χ3v) is 4.47. The van der Waals surface area contributed by atoms with Crippen LogP contribution < -0.4 is 0 Å². The number of carbonyl (C=O) groups excluding carboxylic acids is 1. The molecule has 1 saturated heterocycles. The Morgan fingerprint density at radius 1 is 1.29 bits per heavy atom. The van der Waals surface area contributed by atoms with Gasteiger partial charge in [0.1, 0.15) is 11.4 Å². The summed E-state index contributed by atoms with van der Waals surface area (Å²) < 4.78 is 24.8. The fourth-order valence-corrected chi connectivity index (χ4v) is 3.20. The van der Waals surface area contributed by atoms with E-state index < -0.39 is 23.0 Å². The summed E-state index contributed by atoms with van der Waals surface area (Å²) >= 11 is 0. The van der Waals surface area contributed by atoms with Crippen molar-refractivity contribution < 1.29 is 23.8 Å². The molecule has 0 saturated carbocycles. The van der Waals surface area contributed by atoms with E-state index in [-0.39, 0.29) is 11.5 Å². The van der Waals surface area contributed by atoms with Crippen LogP contribution in [0.25, 0.3) is 0 Å². The molecule has 0 aliphatic carbocycles. The van der Waals surface area contributed by atoms with Gasteiger partial charge < -0.3 is 14.6 Å². The van der Waals surface area contributed by atoms with Crippen LogP contribution in [0.4, 0.5) is 4.39 Å². The second kappa shape index (κ2) is 7.19. The fraction of sp³-hybridized carbons (Fsp3) is 0.632. The zero-order valence-corrected chi connectivity index (χ0v) is 14.9. The molecule has 0 aromatic heterocycles. The molecule has 0 radical (unpaired) electrons. The number of esters is 1. The van der Waals surface area contributed by atoms with Crippen molar-refractivity contribution >= 4 is 5.97 Å². The van der Waals surface area contributed by atoms with Crippen LogP contribution in [0.15, 0.2) is 18.2 Å². The second-order valence-corrected chi connectivity index (χ2v) is 7.39. The maximum absolute atomic E-state index is 14.1. The van der Waals surface area contributed by atoms with Crippen LogP contribution in [0.1, 0.15) is 62.9 Å². The van der Waals surface area contributed by atoms with Gasteiger partial charge in [0, 0.05) is 13.2 Å². The van der Waals surface area contributed by atoms with Gasteiger partial charge in [-0.15, -0.1) is 0 Å². The van der Waals surface area contributed by atoms with E-state index in [0.717, 1.165) is 6.07 Å². The summed E-state index contributed by atoms with van der Waals surface area (Å²) in [5, 5.41) is 11.2. The topological polar surface area (TPSA) is 55.8 Å². The van der Waals surface area contributed by atoms with E-state index in [4.69, 9.17) is 9.47 Å². The summed E-state index contributed by atoms with van der Waals surface area (Å²) in [6, 6.07) is 4.01.